The van der Waals surface area contributed by atoms with Crippen molar-refractivity contribution in [3.8, 4) is 0 Å². The smallest absolute Gasteiger partial charge is 0.323 e. The molecule has 1 atom stereocenters. The van der Waals surface area contributed by atoms with Gasteiger partial charge in [-0.15, -0.1) is 0 Å². The fourth-order valence-corrected chi connectivity index (χ4v) is 3.19. The van der Waals surface area contributed by atoms with Gasteiger partial charge in [0.25, 0.3) is 0 Å². The highest BCUT2D eigenvalue weighted by Gasteiger charge is 2.31. The molecule has 2 N–H and O–H groups in total. The van der Waals surface area contributed by atoms with Crippen LogP contribution in [0.2, 0.25) is 5.02 Å². The summed E-state index contributed by atoms with van der Waals surface area (Å²) in [7, 11) is 0. The molecule has 0 saturated heterocycles. The summed E-state index contributed by atoms with van der Waals surface area (Å²) in [6.45, 7) is 4.30. The van der Waals surface area contributed by atoms with Gasteiger partial charge in [0, 0.05) is 10.8 Å². The van der Waals surface area contributed by atoms with E-state index in [2.05, 4.69) is 5.32 Å². The van der Waals surface area contributed by atoms with Crippen LogP contribution in [0.5, 0.6) is 0 Å². The zero-order valence-electron chi connectivity index (χ0n) is 11.3. The van der Waals surface area contributed by atoms with Crippen LogP contribution in [0.4, 0.5) is 0 Å². The Morgan fingerprint density at radius 2 is 2.16 bits per heavy atom. The van der Waals surface area contributed by atoms with Crippen molar-refractivity contribution in [3.05, 3.63) is 34.9 Å². The Morgan fingerprint density at radius 1 is 1.47 bits per heavy atom. The number of carboxylic acid groups (broad SMARTS) is 1. The molecule has 0 aromatic heterocycles. The molecule has 0 radical (unpaired) electrons. The lowest BCUT2D eigenvalue weighted by molar-refractivity contribution is -0.144. The average molecular weight is 302 g/mol. The maximum atomic E-state index is 11.2. The summed E-state index contributed by atoms with van der Waals surface area (Å²) >= 11 is 7.78. The summed E-state index contributed by atoms with van der Waals surface area (Å²) in [5, 5.41) is 13.0. The Hall–Kier alpha value is -0.710. The van der Waals surface area contributed by atoms with Crippen LogP contribution < -0.4 is 5.32 Å². The van der Waals surface area contributed by atoms with Gasteiger partial charge in [0.1, 0.15) is 5.54 Å². The molecule has 1 aromatic rings. The molecule has 1 aromatic carbocycles. The summed E-state index contributed by atoms with van der Waals surface area (Å²) in [6, 6.07) is 7.73. The molecule has 5 heteroatoms. The lowest BCUT2D eigenvalue weighted by atomic mass is 9.99. The molecule has 3 nitrogen and oxygen atoms in total. The van der Waals surface area contributed by atoms with E-state index in [1.807, 2.05) is 31.2 Å². The molecule has 19 heavy (non-hydrogen) atoms. The monoisotopic (exact) mass is 301 g/mol. The molecule has 0 fully saturated rings. The van der Waals surface area contributed by atoms with Crippen LogP contribution in [0.25, 0.3) is 0 Å². The maximum absolute atomic E-state index is 11.2. The van der Waals surface area contributed by atoms with Crippen molar-refractivity contribution in [2.45, 2.75) is 31.6 Å². The van der Waals surface area contributed by atoms with E-state index in [4.69, 9.17) is 11.6 Å². The second-order valence-electron chi connectivity index (χ2n) is 4.56. The van der Waals surface area contributed by atoms with Gasteiger partial charge >= 0.3 is 5.97 Å². The van der Waals surface area contributed by atoms with Gasteiger partial charge in [-0.3, -0.25) is 4.79 Å². The third-order valence-electron chi connectivity index (χ3n) is 3.00. The Bertz CT molecular complexity index is 428. The highest BCUT2D eigenvalue weighted by molar-refractivity contribution is 7.98. The zero-order chi connectivity index (χ0) is 14.3. The quantitative estimate of drug-likeness (QED) is 0.722. The summed E-state index contributed by atoms with van der Waals surface area (Å²) in [5.41, 5.74) is 0.247. The third kappa shape index (κ3) is 5.05. The van der Waals surface area contributed by atoms with Crippen LogP contribution >= 0.6 is 23.4 Å². The first-order valence-electron chi connectivity index (χ1n) is 6.29. The first kappa shape index (κ1) is 16.3. The largest absolute Gasteiger partial charge is 0.480 e. The van der Waals surface area contributed by atoms with E-state index < -0.39 is 11.5 Å². The number of hydrogen-bond donors (Lipinski definition) is 2. The maximum Gasteiger partial charge on any atom is 0.323 e. The SMILES string of the molecule is CCNC(C)(CCSCc1ccccc1Cl)C(=O)O. The molecule has 0 saturated carbocycles. The van der Waals surface area contributed by atoms with Gasteiger partial charge in [-0.05, 0) is 37.3 Å². The second kappa shape index (κ2) is 7.78. The Morgan fingerprint density at radius 3 is 2.74 bits per heavy atom. The third-order valence-corrected chi connectivity index (χ3v) is 4.38. The van der Waals surface area contributed by atoms with Crippen molar-refractivity contribution < 1.29 is 9.90 Å². The number of nitrogens with one attached hydrogen (secondary N) is 1. The molecule has 106 valence electrons. The minimum atomic E-state index is -0.845. The number of rotatable bonds is 8. The van der Waals surface area contributed by atoms with E-state index in [1.165, 1.54) is 0 Å². The van der Waals surface area contributed by atoms with Gasteiger partial charge in [-0.2, -0.15) is 11.8 Å². The molecule has 1 unspecified atom stereocenters. The average Bonchev–Trinajstić information content (AvgIpc) is 2.37. The van der Waals surface area contributed by atoms with Crippen molar-refractivity contribution in [3.63, 3.8) is 0 Å². The summed E-state index contributed by atoms with van der Waals surface area (Å²) in [5.74, 6) is 0.787. The normalized spacial score (nSPS) is 14.1. The van der Waals surface area contributed by atoms with Gasteiger partial charge < -0.3 is 10.4 Å². The number of aliphatic carboxylic acids is 1. The minimum absolute atomic E-state index is 0.589. The Kier molecular flexibility index (Phi) is 6.69. The van der Waals surface area contributed by atoms with Crippen molar-refractivity contribution >= 4 is 29.3 Å². The van der Waals surface area contributed by atoms with Crippen LogP contribution in [-0.2, 0) is 10.5 Å². The van der Waals surface area contributed by atoms with Crippen molar-refractivity contribution in [2.75, 3.05) is 12.3 Å². The van der Waals surface area contributed by atoms with Crippen LogP contribution in [0.3, 0.4) is 0 Å². The molecule has 0 heterocycles. The van der Waals surface area contributed by atoms with E-state index in [1.54, 1.807) is 18.7 Å². The first-order valence-corrected chi connectivity index (χ1v) is 7.82. The lowest BCUT2D eigenvalue weighted by Gasteiger charge is -2.25. The minimum Gasteiger partial charge on any atom is -0.480 e. The molecule has 0 aliphatic heterocycles. The lowest BCUT2D eigenvalue weighted by Crippen LogP contribution is -2.49. The van der Waals surface area contributed by atoms with E-state index >= 15 is 0 Å². The number of benzene rings is 1. The predicted octanol–water partition coefficient (Wildman–Crippen LogP) is 3.42. The Balaban J connectivity index is 2.41. The van der Waals surface area contributed by atoms with Gasteiger partial charge in [-0.1, -0.05) is 36.7 Å². The van der Waals surface area contributed by atoms with E-state index in [0.29, 0.717) is 13.0 Å². The molecule has 1 rings (SSSR count). The van der Waals surface area contributed by atoms with Crippen LogP contribution in [0.15, 0.2) is 24.3 Å². The van der Waals surface area contributed by atoms with Crippen LogP contribution in [0.1, 0.15) is 25.8 Å². The molecular formula is C14H20ClNO2S. The summed E-state index contributed by atoms with van der Waals surface area (Å²) in [6.07, 6.45) is 0.589. The number of carboxylic acids is 1. The molecule has 0 spiro atoms. The number of likely N-dealkylation sites (N-methyl/N-ethyl adjacent to an activating group) is 1. The van der Waals surface area contributed by atoms with Gasteiger partial charge in [0.15, 0.2) is 0 Å². The Labute approximate surface area is 123 Å². The summed E-state index contributed by atoms with van der Waals surface area (Å²) in [4.78, 5) is 11.2. The van der Waals surface area contributed by atoms with E-state index in [9.17, 15) is 9.90 Å². The van der Waals surface area contributed by atoms with E-state index in [-0.39, 0.29) is 0 Å². The van der Waals surface area contributed by atoms with Crippen molar-refractivity contribution in [1.82, 2.24) is 5.32 Å². The molecule has 0 amide bonds. The standard InChI is InChI=1S/C14H20ClNO2S/c1-3-16-14(2,13(17)18)8-9-19-10-11-6-4-5-7-12(11)15/h4-7,16H,3,8-10H2,1-2H3,(H,17,18). The molecule has 0 aliphatic carbocycles. The van der Waals surface area contributed by atoms with Gasteiger partial charge in [-0.25, -0.2) is 0 Å². The first-order chi connectivity index (χ1) is 8.99. The van der Waals surface area contributed by atoms with Crippen molar-refractivity contribution in [2.24, 2.45) is 0 Å². The van der Waals surface area contributed by atoms with Crippen LogP contribution in [0, 0.1) is 0 Å². The number of halogens is 1. The van der Waals surface area contributed by atoms with Crippen molar-refractivity contribution in [1.29, 1.82) is 0 Å². The second-order valence-corrected chi connectivity index (χ2v) is 6.07. The van der Waals surface area contributed by atoms with Gasteiger partial charge in [0.2, 0.25) is 0 Å². The van der Waals surface area contributed by atoms with Crippen LogP contribution in [-0.4, -0.2) is 28.9 Å². The van der Waals surface area contributed by atoms with Gasteiger partial charge in [0.05, 0.1) is 0 Å². The fourth-order valence-electron chi connectivity index (χ4n) is 1.73. The molecule has 0 aliphatic rings. The molecular weight excluding hydrogens is 282 g/mol. The summed E-state index contributed by atoms with van der Waals surface area (Å²) < 4.78 is 0. The highest BCUT2D eigenvalue weighted by atomic mass is 35.5. The highest BCUT2D eigenvalue weighted by Crippen LogP contribution is 2.23. The topological polar surface area (TPSA) is 49.3 Å². The fraction of sp³-hybridized carbons (Fsp3) is 0.500. The predicted molar refractivity (Wildman–Crippen MR) is 81.9 cm³/mol. The zero-order valence-corrected chi connectivity index (χ0v) is 12.9. The van der Waals surface area contributed by atoms with E-state index in [0.717, 1.165) is 22.1 Å². The number of hydrogen-bond acceptors (Lipinski definition) is 3. The molecule has 0 bridgehead atoms. The number of carbonyl (C=O) groups is 1. The number of thioether (sulfide) groups is 1.